The van der Waals surface area contributed by atoms with Gasteiger partial charge in [-0.3, -0.25) is 0 Å². The highest BCUT2D eigenvalue weighted by molar-refractivity contribution is 5.26. The average molecular weight is 262 g/mol. The summed E-state index contributed by atoms with van der Waals surface area (Å²) in [6.07, 6.45) is 2.34. The molecule has 0 radical (unpaired) electrons. The lowest BCUT2D eigenvalue weighted by Gasteiger charge is -2.25. The summed E-state index contributed by atoms with van der Waals surface area (Å²) in [7, 11) is 0. The SMILES string of the molecule is O[C@@H]1C[C@@H]2[C@@H]3C[C@H](O)[C@@H]4[C@@H]3[C@@H]3[C@@H]2[C@@H]1[C@@H]1C[C@H](O)[C@H]4[C@@H]13. The second-order valence-corrected chi connectivity index (χ2v) is 8.44. The third-order valence-electron chi connectivity index (χ3n) is 8.51. The van der Waals surface area contributed by atoms with Crippen molar-refractivity contribution in [3.05, 3.63) is 0 Å². The predicted octanol–water partition coefficient (Wildman–Crippen LogP) is 0.483. The first-order chi connectivity index (χ1) is 9.18. The first-order valence-electron chi connectivity index (χ1n) is 8.22. The van der Waals surface area contributed by atoms with Gasteiger partial charge >= 0.3 is 0 Å². The summed E-state index contributed by atoms with van der Waals surface area (Å²) in [5.74, 6) is 5.97. The van der Waals surface area contributed by atoms with E-state index < -0.39 is 0 Å². The molecule has 0 aromatic heterocycles. The summed E-state index contributed by atoms with van der Waals surface area (Å²) in [5.41, 5.74) is 0. The molecule has 6 aliphatic carbocycles. The van der Waals surface area contributed by atoms with Gasteiger partial charge in [0.05, 0.1) is 18.3 Å². The Morgan fingerprint density at radius 3 is 1.47 bits per heavy atom. The van der Waals surface area contributed by atoms with Gasteiger partial charge in [-0.25, -0.2) is 0 Å². The van der Waals surface area contributed by atoms with Crippen molar-refractivity contribution in [2.45, 2.75) is 37.6 Å². The zero-order valence-corrected chi connectivity index (χ0v) is 11.0. The van der Waals surface area contributed by atoms with Crippen LogP contribution < -0.4 is 0 Å². The lowest BCUT2D eigenvalue weighted by Crippen LogP contribution is -2.30. The van der Waals surface area contributed by atoms with Crippen molar-refractivity contribution in [1.29, 1.82) is 0 Å². The number of hydrogen-bond donors (Lipinski definition) is 3. The molecule has 6 saturated carbocycles. The van der Waals surface area contributed by atoms with Gasteiger partial charge in [0.25, 0.3) is 0 Å². The molecule has 0 unspecified atom stereocenters. The zero-order valence-electron chi connectivity index (χ0n) is 11.0. The van der Waals surface area contributed by atoms with Gasteiger partial charge in [0.2, 0.25) is 0 Å². The molecule has 0 aromatic carbocycles. The molecule has 104 valence electrons. The Balaban J connectivity index is 1.58. The van der Waals surface area contributed by atoms with Crippen LogP contribution in [0.4, 0.5) is 0 Å². The molecular formula is C16H22O3. The van der Waals surface area contributed by atoms with Gasteiger partial charge in [0.1, 0.15) is 0 Å². The van der Waals surface area contributed by atoms with Crippen molar-refractivity contribution in [2.75, 3.05) is 0 Å². The van der Waals surface area contributed by atoms with Crippen LogP contribution in [-0.4, -0.2) is 33.6 Å². The first-order valence-corrected chi connectivity index (χ1v) is 8.22. The predicted molar refractivity (Wildman–Crippen MR) is 66.8 cm³/mol. The molecule has 3 heteroatoms. The second kappa shape index (κ2) is 2.90. The van der Waals surface area contributed by atoms with Crippen LogP contribution in [0.5, 0.6) is 0 Å². The van der Waals surface area contributed by atoms with Crippen LogP contribution in [0, 0.1) is 59.2 Å². The molecule has 0 aliphatic heterocycles. The maximum atomic E-state index is 10.5. The molecule has 0 heterocycles. The lowest BCUT2D eigenvalue weighted by atomic mass is 9.83. The molecule has 6 rings (SSSR count). The summed E-state index contributed by atoms with van der Waals surface area (Å²) in [6.45, 7) is 0. The van der Waals surface area contributed by atoms with Crippen LogP contribution in [0.25, 0.3) is 0 Å². The first kappa shape index (κ1) is 10.6. The van der Waals surface area contributed by atoms with E-state index >= 15 is 0 Å². The van der Waals surface area contributed by atoms with Gasteiger partial charge in [0.15, 0.2) is 0 Å². The van der Waals surface area contributed by atoms with Gasteiger partial charge in [-0.15, -0.1) is 0 Å². The summed E-state index contributed by atoms with van der Waals surface area (Å²) >= 11 is 0. The van der Waals surface area contributed by atoms with Gasteiger partial charge < -0.3 is 15.3 Å². The van der Waals surface area contributed by atoms with Crippen molar-refractivity contribution in [1.82, 2.24) is 0 Å². The smallest absolute Gasteiger partial charge is 0.0577 e. The number of hydrogen-bond acceptors (Lipinski definition) is 3. The van der Waals surface area contributed by atoms with Crippen LogP contribution >= 0.6 is 0 Å². The minimum absolute atomic E-state index is 0.117. The highest BCUT2D eigenvalue weighted by Crippen LogP contribution is 2.79. The topological polar surface area (TPSA) is 60.7 Å². The van der Waals surface area contributed by atoms with Crippen LogP contribution in [-0.2, 0) is 0 Å². The largest absolute Gasteiger partial charge is 0.393 e. The van der Waals surface area contributed by atoms with Crippen molar-refractivity contribution in [2.24, 2.45) is 59.2 Å². The Labute approximate surface area is 113 Å². The number of aliphatic hydroxyl groups excluding tert-OH is 3. The molecule has 0 saturated heterocycles. The molecule has 0 aromatic rings. The van der Waals surface area contributed by atoms with E-state index in [1.807, 2.05) is 0 Å². The Bertz CT molecular complexity index is 465. The van der Waals surface area contributed by atoms with E-state index in [0.717, 1.165) is 31.1 Å². The van der Waals surface area contributed by atoms with Crippen LogP contribution in [0.2, 0.25) is 0 Å². The number of rotatable bonds is 0. The van der Waals surface area contributed by atoms with E-state index in [4.69, 9.17) is 0 Å². The highest BCUT2D eigenvalue weighted by Gasteiger charge is 2.78. The van der Waals surface area contributed by atoms with Crippen LogP contribution in [0.15, 0.2) is 0 Å². The monoisotopic (exact) mass is 262 g/mol. The Morgan fingerprint density at radius 1 is 0.421 bits per heavy atom. The second-order valence-electron chi connectivity index (χ2n) is 8.44. The zero-order chi connectivity index (χ0) is 12.6. The summed E-state index contributed by atoms with van der Waals surface area (Å²) in [5, 5.41) is 31.5. The van der Waals surface area contributed by atoms with E-state index in [1.54, 1.807) is 0 Å². The van der Waals surface area contributed by atoms with Gasteiger partial charge in [-0.05, 0) is 78.4 Å². The molecule has 6 aliphatic rings. The minimum atomic E-state index is -0.203. The average Bonchev–Trinajstić information content (AvgIpc) is 3.05. The highest BCUT2D eigenvalue weighted by atomic mass is 16.3. The Kier molecular flexibility index (Phi) is 1.62. The van der Waals surface area contributed by atoms with Crippen molar-refractivity contribution in [3.63, 3.8) is 0 Å². The molecule has 13 atom stereocenters. The molecule has 0 amide bonds. The third-order valence-corrected chi connectivity index (χ3v) is 8.51. The van der Waals surface area contributed by atoms with Crippen LogP contribution in [0.3, 0.4) is 0 Å². The standard InChI is InChI=1S/C16H22O3/c17-7-1-4-5-2-8(18)14-12(5)16-11(4)10(7)6-3-9(19)15(14)13(6)16/h4-19H,1-3H2/t4-,5+,6+,7-,8+,9+,10-,11+,12-,13-,14-,15+,16+/m1/s1. The van der Waals surface area contributed by atoms with Crippen molar-refractivity contribution >= 4 is 0 Å². The van der Waals surface area contributed by atoms with Crippen LogP contribution in [0.1, 0.15) is 19.3 Å². The van der Waals surface area contributed by atoms with E-state index in [2.05, 4.69) is 0 Å². The molecule has 0 bridgehead atoms. The quantitative estimate of drug-likeness (QED) is 0.595. The molecule has 0 spiro atoms. The van der Waals surface area contributed by atoms with Crippen molar-refractivity contribution in [3.8, 4) is 0 Å². The van der Waals surface area contributed by atoms with Gasteiger partial charge in [-0.1, -0.05) is 0 Å². The molecular weight excluding hydrogens is 240 g/mol. The molecule has 19 heavy (non-hydrogen) atoms. The molecule has 3 nitrogen and oxygen atoms in total. The van der Waals surface area contributed by atoms with Crippen molar-refractivity contribution < 1.29 is 15.3 Å². The van der Waals surface area contributed by atoms with E-state index in [0.29, 0.717) is 47.3 Å². The van der Waals surface area contributed by atoms with Gasteiger partial charge in [0, 0.05) is 0 Å². The number of fused-ring (bicyclic) bond motifs is 3. The summed E-state index contributed by atoms with van der Waals surface area (Å²) in [4.78, 5) is 0. The number of aliphatic hydroxyl groups is 3. The maximum Gasteiger partial charge on any atom is 0.0577 e. The lowest BCUT2D eigenvalue weighted by molar-refractivity contribution is 0.0366. The maximum absolute atomic E-state index is 10.5. The van der Waals surface area contributed by atoms with E-state index in [-0.39, 0.29) is 18.3 Å². The summed E-state index contributed by atoms with van der Waals surface area (Å²) < 4.78 is 0. The normalized spacial score (nSPS) is 78.2. The van der Waals surface area contributed by atoms with Gasteiger partial charge in [-0.2, -0.15) is 0 Å². The third kappa shape index (κ3) is 0.873. The molecule has 3 N–H and O–H groups in total. The minimum Gasteiger partial charge on any atom is -0.393 e. The molecule has 6 fully saturated rings. The van der Waals surface area contributed by atoms with E-state index in [1.165, 1.54) is 0 Å². The fourth-order valence-electron chi connectivity index (χ4n) is 8.73. The van der Waals surface area contributed by atoms with E-state index in [9.17, 15) is 15.3 Å². The Morgan fingerprint density at radius 2 is 0.842 bits per heavy atom. The fraction of sp³-hybridized carbons (Fsp3) is 1.00. The Hall–Kier alpha value is -0.120. The summed E-state index contributed by atoms with van der Waals surface area (Å²) in [6, 6.07) is 0. The fourth-order valence-corrected chi connectivity index (χ4v) is 8.73.